The number of hydrogen-bond donors (Lipinski definition) is 0. The summed E-state index contributed by atoms with van der Waals surface area (Å²) >= 11 is 0. The molecule has 2 nitrogen and oxygen atoms in total. The van der Waals surface area contributed by atoms with E-state index in [1.54, 1.807) is 0 Å². The molecule has 1 saturated carbocycles. The Hall–Kier alpha value is -0.0800. The molecule has 2 rings (SSSR count). The Bertz CT molecular complexity index is 260. The highest BCUT2D eigenvalue weighted by Gasteiger charge is 2.42. The Morgan fingerprint density at radius 2 is 1.67 bits per heavy atom. The highest BCUT2D eigenvalue weighted by atomic mass is 15.2. The van der Waals surface area contributed by atoms with E-state index in [4.69, 9.17) is 0 Å². The van der Waals surface area contributed by atoms with Crippen LogP contribution in [0.2, 0.25) is 0 Å². The fourth-order valence-electron chi connectivity index (χ4n) is 3.69. The normalized spacial score (nSPS) is 27.2. The minimum absolute atomic E-state index is 0.615. The van der Waals surface area contributed by atoms with Crippen molar-refractivity contribution in [3.63, 3.8) is 0 Å². The summed E-state index contributed by atoms with van der Waals surface area (Å²) in [7, 11) is 4.35. The SMILES string of the molecule is CN(C)CCCN1CCC2(CCC(C)(C)CC2)C1. The van der Waals surface area contributed by atoms with Crippen LogP contribution in [0.15, 0.2) is 0 Å². The fraction of sp³-hybridized carbons (Fsp3) is 1.00. The predicted molar refractivity (Wildman–Crippen MR) is 78.9 cm³/mol. The van der Waals surface area contributed by atoms with E-state index in [9.17, 15) is 0 Å². The number of hydrogen-bond acceptors (Lipinski definition) is 2. The first-order valence-electron chi connectivity index (χ1n) is 7.78. The third kappa shape index (κ3) is 3.71. The maximum absolute atomic E-state index is 2.72. The molecule has 0 aromatic carbocycles. The lowest BCUT2D eigenvalue weighted by molar-refractivity contribution is 0.105. The van der Waals surface area contributed by atoms with E-state index in [2.05, 4.69) is 37.7 Å². The first-order chi connectivity index (χ1) is 8.41. The third-order valence-electron chi connectivity index (χ3n) is 5.26. The molecule has 0 N–H and O–H groups in total. The first-order valence-corrected chi connectivity index (χ1v) is 7.78. The van der Waals surface area contributed by atoms with Gasteiger partial charge in [0.05, 0.1) is 0 Å². The molecule has 106 valence electrons. The molecule has 2 heteroatoms. The van der Waals surface area contributed by atoms with Crippen LogP contribution < -0.4 is 0 Å². The minimum Gasteiger partial charge on any atom is -0.309 e. The smallest absolute Gasteiger partial charge is 0.00385 e. The molecule has 18 heavy (non-hydrogen) atoms. The molecule has 0 amide bonds. The molecule has 1 saturated heterocycles. The van der Waals surface area contributed by atoms with Crippen LogP contribution in [0.1, 0.15) is 52.4 Å². The number of nitrogens with zero attached hydrogens (tertiary/aromatic N) is 2. The minimum atomic E-state index is 0.615. The summed E-state index contributed by atoms with van der Waals surface area (Å²) in [5.41, 5.74) is 1.32. The molecule has 0 atom stereocenters. The van der Waals surface area contributed by atoms with Crippen LogP contribution in [0, 0.1) is 10.8 Å². The molecule has 2 fully saturated rings. The van der Waals surface area contributed by atoms with Gasteiger partial charge >= 0.3 is 0 Å². The van der Waals surface area contributed by atoms with Crippen LogP contribution in [0.5, 0.6) is 0 Å². The second-order valence-corrected chi connectivity index (χ2v) is 7.85. The maximum Gasteiger partial charge on any atom is 0.00385 e. The highest BCUT2D eigenvalue weighted by molar-refractivity contribution is 4.95. The van der Waals surface area contributed by atoms with E-state index in [0.29, 0.717) is 10.8 Å². The summed E-state index contributed by atoms with van der Waals surface area (Å²) in [4.78, 5) is 5.02. The monoisotopic (exact) mass is 252 g/mol. The van der Waals surface area contributed by atoms with Crippen LogP contribution >= 0.6 is 0 Å². The van der Waals surface area contributed by atoms with Gasteiger partial charge in [-0.25, -0.2) is 0 Å². The van der Waals surface area contributed by atoms with E-state index in [1.165, 1.54) is 64.7 Å². The molecular formula is C16H32N2. The molecule has 0 radical (unpaired) electrons. The molecule has 1 aliphatic heterocycles. The zero-order valence-electron chi connectivity index (χ0n) is 13.0. The van der Waals surface area contributed by atoms with Gasteiger partial charge in [0.2, 0.25) is 0 Å². The maximum atomic E-state index is 2.72. The quantitative estimate of drug-likeness (QED) is 0.758. The van der Waals surface area contributed by atoms with Gasteiger partial charge in [-0.3, -0.25) is 0 Å². The number of likely N-dealkylation sites (tertiary alicyclic amines) is 1. The molecule has 0 aromatic heterocycles. The summed E-state index contributed by atoms with van der Waals surface area (Å²) < 4.78 is 0. The van der Waals surface area contributed by atoms with Crippen LogP contribution in [0.4, 0.5) is 0 Å². The summed E-state index contributed by atoms with van der Waals surface area (Å²) in [5.74, 6) is 0. The van der Waals surface area contributed by atoms with Gasteiger partial charge in [-0.2, -0.15) is 0 Å². The average Bonchev–Trinajstić information content (AvgIpc) is 2.67. The van der Waals surface area contributed by atoms with E-state index in [0.717, 1.165) is 0 Å². The van der Waals surface area contributed by atoms with E-state index >= 15 is 0 Å². The molecule has 2 aliphatic rings. The molecular weight excluding hydrogens is 220 g/mol. The lowest BCUT2D eigenvalue weighted by atomic mass is 9.65. The van der Waals surface area contributed by atoms with E-state index in [1.807, 2.05) is 0 Å². The molecule has 0 unspecified atom stereocenters. The van der Waals surface area contributed by atoms with Gasteiger partial charge in [-0.1, -0.05) is 13.8 Å². The van der Waals surface area contributed by atoms with Gasteiger partial charge in [-0.05, 0) is 83.1 Å². The van der Waals surface area contributed by atoms with Crippen molar-refractivity contribution in [1.29, 1.82) is 0 Å². The number of rotatable bonds is 4. The predicted octanol–water partition coefficient (Wildman–Crippen LogP) is 3.23. The molecule has 0 bridgehead atoms. The lowest BCUT2D eigenvalue weighted by Crippen LogP contribution is -2.34. The fourth-order valence-corrected chi connectivity index (χ4v) is 3.69. The van der Waals surface area contributed by atoms with Crippen molar-refractivity contribution in [2.24, 2.45) is 10.8 Å². The van der Waals surface area contributed by atoms with Crippen molar-refractivity contribution >= 4 is 0 Å². The van der Waals surface area contributed by atoms with Crippen LogP contribution in [-0.4, -0.2) is 50.1 Å². The Morgan fingerprint density at radius 3 is 2.28 bits per heavy atom. The van der Waals surface area contributed by atoms with Gasteiger partial charge in [0.25, 0.3) is 0 Å². The summed E-state index contributed by atoms with van der Waals surface area (Å²) in [6.45, 7) is 10.2. The highest BCUT2D eigenvalue weighted by Crippen LogP contribution is 2.49. The summed E-state index contributed by atoms with van der Waals surface area (Å²) in [5, 5.41) is 0. The lowest BCUT2D eigenvalue weighted by Gasteiger charge is -2.41. The second-order valence-electron chi connectivity index (χ2n) is 7.85. The van der Waals surface area contributed by atoms with Crippen molar-refractivity contribution in [1.82, 2.24) is 9.80 Å². The summed E-state index contributed by atoms with van der Waals surface area (Å²) in [6.07, 6.45) is 8.63. The third-order valence-corrected chi connectivity index (χ3v) is 5.26. The van der Waals surface area contributed by atoms with Crippen molar-refractivity contribution in [2.75, 3.05) is 40.3 Å². The van der Waals surface area contributed by atoms with Gasteiger partial charge in [0.1, 0.15) is 0 Å². The molecule has 1 heterocycles. The van der Waals surface area contributed by atoms with Gasteiger partial charge in [0, 0.05) is 6.54 Å². The Morgan fingerprint density at radius 1 is 1.00 bits per heavy atom. The first kappa shape index (κ1) is 14.3. The largest absolute Gasteiger partial charge is 0.309 e. The molecule has 1 spiro atoms. The van der Waals surface area contributed by atoms with Gasteiger partial charge in [-0.15, -0.1) is 0 Å². The van der Waals surface area contributed by atoms with Crippen molar-refractivity contribution in [3.05, 3.63) is 0 Å². The zero-order chi connectivity index (χ0) is 13.2. The van der Waals surface area contributed by atoms with Crippen LogP contribution in [-0.2, 0) is 0 Å². The van der Waals surface area contributed by atoms with Crippen molar-refractivity contribution < 1.29 is 0 Å². The molecule has 1 aliphatic carbocycles. The van der Waals surface area contributed by atoms with Crippen molar-refractivity contribution in [2.45, 2.75) is 52.4 Å². The Kier molecular flexibility index (Phi) is 4.38. The van der Waals surface area contributed by atoms with E-state index in [-0.39, 0.29) is 0 Å². The summed E-state index contributed by atoms with van der Waals surface area (Å²) in [6, 6.07) is 0. The zero-order valence-corrected chi connectivity index (χ0v) is 13.0. The van der Waals surface area contributed by atoms with Crippen LogP contribution in [0.25, 0.3) is 0 Å². The standard InChI is InChI=1S/C16H32N2/c1-15(2)6-8-16(9-7-15)10-13-18(14-16)12-5-11-17(3)4/h5-14H2,1-4H3. The Balaban J connectivity index is 1.74. The van der Waals surface area contributed by atoms with Gasteiger partial charge in [0.15, 0.2) is 0 Å². The van der Waals surface area contributed by atoms with Gasteiger partial charge < -0.3 is 9.80 Å². The van der Waals surface area contributed by atoms with E-state index < -0.39 is 0 Å². The van der Waals surface area contributed by atoms with Crippen molar-refractivity contribution in [3.8, 4) is 0 Å². The topological polar surface area (TPSA) is 6.48 Å². The second kappa shape index (κ2) is 5.50. The Labute approximate surface area is 114 Å². The van der Waals surface area contributed by atoms with Crippen LogP contribution in [0.3, 0.4) is 0 Å². The average molecular weight is 252 g/mol. The molecule has 0 aromatic rings.